The lowest BCUT2D eigenvalue weighted by atomic mass is 9.89. The zero-order valence-corrected chi connectivity index (χ0v) is 10.8. The zero-order valence-electron chi connectivity index (χ0n) is 9.33. The first-order valence-corrected chi connectivity index (χ1v) is 6.40. The van der Waals surface area contributed by atoms with Crippen LogP contribution < -0.4 is 4.74 Å². The molecule has 0 heterocycles. The van der Waals surface area contributed by atoms with Crippen molar-refractivity contribution in [2.45, 2.75) is 25.4 Å². The number of aliphatic hydroxyl groups is 1. The molecule has 0 bridgehead atoms. The summed E-state index contributed by atoms with van der Waals surface area (Å²) in [5, 5.41) is 10.3. The minimum absolute atomic E-state index is 0.270. The molecule has 17 heavy (non-hydrogen) atoms. The Morgan fingerprint density at radius 1 is 1.53 bits per heavy atom. The molecule has 1 aromatic carbocycles. The molecule has 4 heteroatoms. The monoisotopic (exact) mass is 272 g/mol. The average molecular weight is 273 g/mol. The SMILES string of the molecule is OC1CCCc2cc(OCC(Cl)=CCl)ccc21. The second kappa shape index (κ2) is 5.76. The molecule has 1 N–H and O–H groups in total. The van der Waals surface area contributed by atoms with Gasteiger partial charge in [0, 0.05) is 5.54 Å². The largest absolute Gasteiger partial charge is 0.488 e. The Kier molecular flexibility index (Phi) is 4.32. The van der Waals surface area contributed by atoms with E-state index < -0.39 is 0 Å². The van der Waals surface area contributed by atoms with E-state index in [9.17, 15) is 5.11 Å². The lowest BCUT2D eigenvalue weighted by Crippen LogP contribution is -2.09. The average Bonchev–Trinajstić information content (AvgIpc) is 2.36. The number of aryl methyl sites for hydroxylation is 1. The Balaban J connectivity index is 2.11. The van der Waals surface area contributed by atoms with Gasteiger partial charge in [-0.1, -0.05) is 29.3 Å². The number of rotatable bonds is 3. The van der Waals surface area contributed by atoms with Crippen molar-refractivity contribution in [3.05, 3.63) is 39.9 Å². The third kappa shape index (κ3) is 3.15. The van der Waals surface area contributed by atoms with E-state index in [4.69, 9.17) is 27.9 Å². The third-order valence-corrected chi connectivity index (χ3v) is 3.49. The number of hydrogen-bond acceptors (Lipinski definition) is 2. The summed E-state index contributed by atoms with van der Waals surface area (Å²) < 4.78 is 5.49. The van der Waals surface area contributed by atoms with E-state index in [1.165, 1.54) is 5.54 Å². The van der Waals surface area contributed by atoms with Crippen molar-refractivity contribution in [3.8, 4) is 5.75 Å². The first kappa shape index (κ1) is 12.7. The summed E-state index contributed by atoms with van der Waals surface area (Å²) in [5.74, 6) is 0.759. The third-order valence-electron chi connectivity index (χ3n) is 2.89. The van der Waals surface area contributed by atoms with Gasteiger partial charge in [-0.2, -0.15) is 0 Å². The molecule has 1 aromatic rings. The van der Waals surface area contributed by atoms with Gasteiger partial charge in [-0.25, -0.2) is 0 Å². The highest BCUT2D eigenvalue weighted by molar-refractivity contribution is 6.36. The van der Waals surface area contributed by atoms with Crippen LogP contribution in [0, 0.1) is 0 Å². The van der Waals surface area contributed by atoms with Gasteiger partial charge >= 0.3 is 0 Å². The highest BCUT2D eigenvalue weighted by Gasteiger charge is 2.18. The molecule has 0 radical (unpaired) electrons. The zero-order chi connectivity index (χ0) is 12.3. The van der Waals surface area contributed by atoms with Crippen molar-refractivity contribution in [1.29, 1.82) is 0 Å². The fourth-order valence-electron chi connectivity index (χ4n) is 2.04. The quantitative estimate of drug-likeness (QED) is 0.908. The van der Waals surface area contributed by atoms with Gasteiger partial charge in [-0.3, -0.25) is 0 Å². The maximum Gasteiger partial charge on any atom is 0.125 e. The number of hydrogen-bond donors (Lipinski definition) is 1. The molecule has 1 aliphatic rings. The van der Waals surface area contributed by atoms with Crippen LogP contribution in [0.5, 0.6) is 5.75 Å². The van der Waals surface area contributed by atoms with Crippen LogP contribution in [0.25, 0.3) is 0 Å². The van der Waals surface area contributed by atoms with Gasteiger partial charge in [0.15, 0.2) is 0 Å². The van der Waals surface area contributed by atoms with E-state index in [0.29, 0.717) is 5.03 Å². The Morgan fingerprint density at radius 2 is 2.35 bits per heavy atom. The lowest BCUT2D eigenvalue weighted by Gasteiger charge is -2.21. The summed E-state index contributed by atoms with van der Waals surface area (Å²) in [4.78, 5) is 0. The standard InChI is InChI=1S/C13H14Cl2O2/c14-7-10(15)8-17-11-4-5-12-9(6-11)2-1-3-13(12)16/h4-7,13,16H,1-3,8H2. The fraction of sp³-hybridized carbons (Fsp3) is 0.385. The molecule has 0 spiro atoms. The maximum absolute atomic E-state index is 9.82. The molecular formula is C13H14Cl2O2. The van der Waals surface area contributed by atoms with Crippen molar-refractivity contribution >= 4 is 23.2 Å². The number of ether oxygens (including phenoxy) is 1. The van der Waals surface area contributed by atoms with Crippen molar-refractivity contribution in [2.24, 2.45) is 0 Å². The molecule has 1 aliphatic carbocycles. The van der Waals surface area contributed by atoms with Crippen LogP contribution in [-0.4, -0.2) is 11.7 Å². The summed E-state index contributed by atoms with van der Waals surface area (Å²) >= 11 is 11.2. The summed E-state index contributed by atoms with van der Waals surface area (Å²) in [7, 11) is 0. The Bertz CT molecular complexity index is 429. The Hall–Kier alpha value is -0.700. The van der Waals surface area contributed by atoms with Gasteiger partial charge in [0.2, 0.25) is 0 Å². The van der Waals surface area contributed by atoms with Gasteiger partial charge in [0.1, 0.15) is 12.4 Å². The molecule has 2 rings (SSSR count). The van der Waals surface area contributed by atoms with Crippen molar-refractivity contribution in [3.63, 3.8) is 0 Å². The summed E-state index contributed by atoms with van der Waals surface area (Å²) in [6, 6.07) is 5.74. The van der Waals surface area contributed by atoms with Crippen LogP contribution in [0.1, 0.15) is 30.1 Å². The van der Waals surface area contributed by atoms with E-state index in [2.05, 4.69) is 0 Å². The van der Waals surface area contributed by atoms with Crippen LogP contribution in [0.4, 0.5) is 0 Å². The molecule has 1 atom stereocenters. The molecular weight excluding hydrogens is 259 g/mol. The first-order valence-electron chi connectivity index (χ1n) is 5.59. The van der Waals surface area contributed by atoms with Gasteiger partial charge in [-0.05, 0) is 42.5 Å². The normalized spacial score (nSPS) is 19.9. The highest BCUT2D eigenvalue weighted by atomic mass is 35.5. The minimum atomic E-state index is -0.334. The van der Waals surface area contributed by atoms with Crippen LogP contribution in [0.15, 0.2) is 28.8 Å². The Labute approximate surface area is 111 Å². The molecule has 0 aromatic heterocycles. The summed E-state index contributed by atoms with van der Waals surface area (Å²) in [6.45, 7) is 0.270. The van der Waals surface area contributed by atoms with Crippen molar-refractivity contribution in [1.82, 2.24) is 0 Å². The van der Waals surface area contributed by atoms with E-state index in [1.807, 2.05) is 18.2 Å². The van der Waals surface area contributed by atoms with Gasteiger partial charge in [0.05, 0.1) is 11.1 Å². The number of aliphatic hydroxyl groups excluding tert-OH is 1. The summed E-state index contributed by atoms with van der Waals surface area (Å²) in [5.41, 5.74) is 3.47. The van der Waals surface area contributed by atoms with Crippen LogP contribution in [0.3, 0.4) is 0 Å². The van der Waals surface area contributed by atoms with E-state index in [0.717, 1.165) is 36.1 Å². The lowest BCUT2D eigenvalue weighted by molar-refractivity contribution is 0.156. The fourth-order valence-corrected chi connectivity index (χ4v) is 2.16. The van der Waals surface area contributed by atoms with Gasteiger partial charge < -0.3 is 9.84 Å². The van der Waals surface area contributed by atoms with Crippen LogP contribution in [-0.2, 0) is 6.42 Å². The molecule has 2 nitrogen and oxygen atoms in total. The van der Waals surface area contributed by atoms with E-state index >= 15 is 0 Å². The predicted octanol–water partition coefficient (Wildman–Crippen LogP) is 3.75. The number of fused-ring (bicyclic) bond motifs is 1. The maximum atomic E-state index is 9.82. The van der Waals surface area contributed by atoms with Crippen LogP contribution in [0.2, 0.25) is 0 Å². The van der Waals surface area contributed by atoms with Gasteiger partial charge in [0.25, 0.3) is 0 Å². The molecule has 0 amide bonds. The smallest absolute Gasteiger partial charge is 0.125 e. The van der Waals surface area contributed by atoms with E-state index in [1.54, 1.807) is 0 Å². The van der Waals surface area contributed by atoms with Crippen molar-refractivity contribution < 1.29 is 9.84 Å². The number of benzene rings is 1. The molecule has 1 unspecified atom stereocenters. The predicted molar refractivity (Wildman–Crippen MR) is 69.6 cm³/mol. The number of halogens is 2. The minimum Gasteiger partial charge on any atom is -0.488 e. The van der Waals surface area contributed by atoms with E-state index in [-0.39, 0.29) is 12.7 Å². The summed E-state index contributed by atoms with van der Waals surface area (Å²) in [6.07, 6.45) is 2.51. The highest BCUT2D eigenvalue weighted by Crippen LogP contribution is 2.32. The van der Waals surface area contributed by atoms with Gasteiger partial charge in [-0.15, -0.1) is 0 Å². The second-order valence-electron chi connectivity index (χ2n) is 4.11. The Morgan fingerprint density at radius 3 is 3.12 bits per heavy atom. The molecule has 0 saturated heterocycles. The van der Waals surface area contributed by atoms with Crippen LogP contribution >= 0.6 is 23.2 Å². The molecule has 0 aliphatic heterocycles. The second-order valence-corrected chi connectivity index (χ2v) is 4.82. The molecule has 0 saturated carbocycles. The first-order chi connectivity index (χ1) is 8.20. The molecule has 92 valence electrons. The topological polar surface area (TPSA) is 29.5 Å². The van der Waals surface area contributed by atoms with Crippen molar-refractivity contribution in [2.75, 3.05) is 6.61 Å². The molecule has 0 fully saturated rings.